The van der Waals surface area contributed by atoms with E-state index in [0.29, 0.717) is 32.7 Å². The fourth-order valence-electron chi connectivity index (χ4n) is 3.79. The maximum atomic E-state index is 12.6. The number of nitrogens with zero attached hydrogens (tertiary/aromatic N) is 4. The fraction of sp³-hybridized carbons (Fsp3) is 0.364. The molecule has 1 aromatic heterocycles. The molecular formula is C22H27N5O3S. The first-order valence-electron chi connectivity index (χ1n) is 10.5. The molecule has 2 aromatic carbocycles. The maximum absolute atomic E-state index is 12.6. The molecule has 1 fully saturated rings. The number of fused-ring (bicyclic) bond motifs is 1. The van der Waals surface area contributed by atoms with Crippen LogP contribution in [0, 0.1) is 0 Å². The SMILES string of the molecule is O=C(NCCCn1cnc2ccccc21)N1CCN(S(=O)(=O)Cc2ccccc2)CC1. The van der Waals surface area contributed by atoms with Crippen LogP contribution in [0.15, 0.2) is 60.9 Å². The third-order valence-electron chi connectivity index (χ3n) is 5.49. The Morgan fingerprint density at radius 2 is 1.68 bits per heavy atom. The van der Waals surface area contributed by atoms with Crippen LogP contribution < -0.4 is 5.32 Å². The van der Waals surface area contributed by atoms with Crippen LogP contribution in [0.25, 0.3) is 11.0 Å². The highest BCUT2D eigenvalue weighted by molar-refractivity contribution is 7.88. The number of benzene rings is 2. The van der Waals surface area contributed by atoms with E-state index in [1.807, 2.05) is 60.9 Å². The minimum absolute atomic E-state index is 0.0109. The summed E-state index contributed by atoms with van der Waals surface area (Å²) >= 11 is 0. The van der Waals surface area contributed by atoms with Gasteiger partial charge >= 0.3 is 6.03 Å². The van der Waals surface area contributed by atoms with Crippen molar-refractivity contribution in [2.24, 2.45) is 0 Å². The molecule has 1 aliphatic rings. The van der Waals surface area contributed by atoms with Gasteiger partial charge in [-0.3, -0.25) is 0 Å². The Morgan fingerprint density at radius 1 is 0.968 bits per heavy atom. The van der Waals surface area contributed by atoms with Crippen LogP contribution in [0.2, 0.25) is 0 Å². The predicted molar refractivity (Wildman–Crippen MR) is 120 cm³/mol. The van der Waals surface area contributed by atoms with Gasteiger partial charge in [0.2, 0.25) is 10.0 Å². The summed E-state index contributed by atoms with van der Waals surface area (Å²) in [5.41, 5.74) is 2.82. The minimum atomic E-state index is -3.38. The molecule has 0 atom stereocenters. The normalized spacial score (nSPS) is 15.3. The highest BCUT2D eigenvalue weighted by atomic mass is 32.2. The van der Waals surface area contributed by atoms with Crippen molar-refractivity contribution in [3.8, 4) is 0 Å². The van der Waals surface area contributed by atoms with Crippen LogP contribution in [0.4, 0.5) is 4.79 Å². The molecule has 0 bridgehead atoms. The van der Waals surface area contributed by atoms with E-state index in [-0.39, 0.29) is 11.8 Å². The first-order chi connectivity index (χ1) is 15.0. The smallest absolute Gasteiger partial charge is 0.317 e. The zero-order valence-corrected chi connectivity index (χ0v) is 18.2. The highest BCUT2D eigenvalue weighted by Crippen LogP contribution is 2.14. The van der Waals surface area contributed by atoms with Gasteiger partial charge in [0.25, 0.3) is 0 Å². The number of hydrogen-bond donors (Lipinski definition) is 1. The number of aromatic nitrogens is 2. The van der Waals surface area contributed by atoms with Gasteiger partial charge in [0.15, 0.2) is 0 Å². The molecule has 2 heterocycles. The van der Waals surface area contributed by atoms with Crippen LogP contribution >= 0.6 is 0 Å². The second-order valence-electron chi connectivity index (χ2n) is 7.64. The number of piperazine rings is 1. The Bertz CT molecular complexity index is 1120. The first kappa shape index (κ1) is 21.3. The van der Waals surface area contributed by atoms with Gasteiger partial charge in [-0.05, 0) is 24.1 Å². The Hall–Kier alpha value is -2.91. The number of aryl methyl sites for hydroxylation is 1. The molecule has 4 rings (SSSR count). The number of nitrogens with one attached hydrogen (secondary N) is 1. The lowest BCUT2D eigenvalue weighted by atomic mass is 10.2. The number of carbonyl (C=O) groups excluding carboxylic acids is 1. The van der Waals surface area contributed by atoms with E-state index >= 15 is 0 Å². The third kappa shape index (κ3) is 5.23. The van der Waals surface area contributed by atoms with E-state index in [0.717, 1.165) is 29.6 Å². The molecular weight excluding hydrogens is 414 g/mol. The summed E-state index contributed by atoms with van der Waals surface area (Å²) in [6.45, 7) is 2.76. The van der Waals surface area contributed by atoms with Crippen molar-refractivity contribution in [2.75, 3.05) is 32.7 Å². The summed E-state index contributed by atoms with van der Waals surface area (Å²) in [7, 11) is -3.38. The zero-order chi connectivity index (χ0) is 21.7. The Balaban J connectivity index is 1.20. The van der Waals surface area contributed by atoms with Gasteiger partial charge < -0.3 is 14.8 Å². The fourth-order valence-corrected chi connectivity index (χ4v) is 5.31. The average Bonchev–Trinajstić information content (AvgIpc) is 3.20. The van der Waals surface area contributed by atoms with E-state index in [1.54, 1.807) is 4.90 Å². The van der Waals surface area contributed by atoms with E-state index < -0.39 is 10.0 Å². The van der Waals surface area contributed by atoms with E-state index in [1.165, 1.54) is 4.31 Å². The summed E-state index contributed by atoms with van der Waals surface area (Å²) < 4.78 is 28.9. The number of amides is 2. The van der Waals surface area contributed by atoms with Gasteiger partial charge in [-0.1, -0.05) is 42.5 Å². The molecule has 1 N–H and O–H groups in total. The number of para-hydroxylation sites is 2. The maximum Gasteiger partial charge on any atom is 0.317 e. The monoisotopic (exact) mass is 441 g/mol. The van der Waals surface area contributed by atoms with Crippen LogP contribution in [-0.2, 0) is 22.3 Å². The lowest BCUT2D eigenvalue weighted by Gasteiger charge is -2.34. The van der Waals surface area contributed by atoms with Crippen molar-refractivity contribution in [3.05, 3.63) is 66.5 Å². The third-order valence-corrected chi connectivity index (χ3v) is 7.34. The molecule has 3 aromatic rings. The Kier molecular flexibility index (Phi) is 6.53. The number of imidazole rings is 1. The first-order valence-corrected chi connectivity index (χ1v) is 12.1. The van der Waals surface area contributed by atoms with Crippen LogP contribution in [0.1, 0.15) is 12.0 Å². The summed E-state index contributed by atoms with van der Waals surface area (Å²) in [5, 5.41) is 2.94. The van der Waals surface area contributed by atoms with E-state index in [9.17, 15) is 13.2 Å². The molecule has 2 amide bonds. The lowest BCUT2D eigenvalue weighted by Crippen LogP contribution is -2.53. The molecule has 0 aliphatic carbocycles. The molecule has 1 aliphatic heterocycles. The van der Waals surface area contributed by atoms with Gasteiger partial charge in [0.05, 0.1) is 23.1 Å². The Labute approximate surface area is 182 Å². The molecule has 0 radical (unpaired) electrons. The number of hydrogen-bond acceptors (Lipinski definition) is 4. The number of sulfonamides is 1. The summed E-state index contributed by atoms with van der Waals surface area (Å²) in [6.07, 6.45) is 2.61. The molecule has 0 spiro atoms. The standard InChI is InChI=1S/C22H27N5O3S/c28-22(23-11-6-12-26-18-24-20-9-4-5-10-21(20)26)25-13-15-27(16-14-25)31(29,30)17-19-7-2-1-3-8-19/h1-5,7-10,18H,6,11-17H2,(H,23,28). The average molecular weight is 442 g/mol. The molecule has 0 saturated carbocycles. The van der Waals surface area contributed by atoms with Crippen molar-refractivity contribution in [1.29, 1.82) is 0 Å². The van der Waals surface area contributed by atoms with Crippen molar-refractivity contribution < 1.29 is 13.2 Å². The molecule has 9 heteroatoms. The minimum Gasteiger partial charge on any atom is -0.338 e. The van der Waals surface area contributed by atoms with Gasteiger partial charge in [0.1, 0.15) is 0 Å². The van der Waals surface area contributed by atoms with E-state index in [2.05, 4.69) is 14.9 Å². The molecule has 8 nitrogen and oxygen atoms in total. The van der Waals surface area contributed by atoms with Crippen molar-refractivity contribution in [1.82, 2.24) is 24.1 Å². The highest BCUT2D eigenvalue weighted by Gasteiger charge is 2.28. The number of urea groups is 1. The summed E-state index contributed by atoms with van der Waals surface area (Å²) in [5.74, 6) is -0.0109. The summed E-state index contributed by atoms with van der Waals surface area (Å²) in [6, 6.07) is 17.0. The van der Waals surface area contributed by atoms with Crippen molar-refractivity contribution >= 4 is 27.1 Å². The predicted octanol–water partition coefficient (Wildman–Crippen LogP) is 2.28. The van der Waals surface area contributed by atoms with Gasteiger partial charge in [-0.2, -0.15) is 4.31 Å². The molecule has 164 valence electrons. The molecule has 31 heavy (non-hydrogen) atoms. The van der Waals surface area contributed by atoms with Gasteiger partial charge in [-0.25, -0.2) is 18.2 Å². The zero-order valence-electron chi connectivity index (χ0n) is 17.4. The van der Waals surface area contributed by atoms with Crippen LogP contribution in [0.3, 0.4) is 0 Å². The molecule has 0 unspecified atom stereocenters. The van der Waals surface area contributed by atoms with Crippen molar-refractivity contribution in [3.63, 3.8) is 0 Å². The van der Waals surface area contributed by atoms with Gasteiger partial charge in [-0.15, -0.1) is 0 Å². The quantitative estimate of drug-likeness (QED) is 0.570. The second-order valence-corrected chi connectivity index (χ2v) is 9.61. The van der Waals surface area contributed by atoms with Crippen LogP contribution in [0.5, 0.6) is 0 Å². The van der Waals surface area contributed by atoms with Crippen LogP contribution in [-0.4, -0.2) is 65.9 Å². The lowest BCUT2D eigenvalue weighted by molar-refractivity contribution is 0.172. The molecule has 1 saturated heterocycles. The van der Waals surface area contributed by atoms with Crippen molar-refractivity contribution in [2.45, 2.75) is 18.7 Å². The van der Waals surface area contributed by atoms with E-state index in [4.69, 9.17) is 0 Å². The number of carbonyl (C=O) groups is 1. The van der Waals surface area contributed by atoms with Gasteiger partial charge in [0, 0.05) is 39.3 Å². The summed E-state index contributed by atoms with van der Waals surface area (Å²) in [4.78, 5) is 18.5. The largest absolute Gasteiger partial charge is 0.338 e. The number of rotatable bonds is 7. The topological polar surface area (TPSA) is 87.5 Å². The second kappa shape index (κ2) is 9.49. The Morgan fingerprint density at radius 3 is 2.45 bits per heavy atom.